The highest BCUT2D eigenvalue weighted by Gasteiger charge is 2.12. The summed E-state index contributed by atoms with van der Waals surface area (Å²) in [6.45, 7) is 3.59. The van der Waals surface area contributed by atoms with Crippen molar-refractivity contribution in [2.45, 2.75) is 20.4 Å². The van der Waals surface area contributed by atoms with E-state index in [-0.39, 0.29) is 6.54 Å². The summed E-state index contributed by atoms with van der Waals surface area (Å²) in [5, 5.41) is 2.75. The molecule has 1 amide bonds. The fourth-order valence-corrected chi connectivity index (χ4v) is 3.21. The molecule has 1 aromatic heterocycles. The van der Waals surface area contributed by atoms with Gasteiger partial charge in [-0.05, 0) is 49.2 Å². The Bertz CT molecular complexity index is 1190. The van der Waals surface area contributed by atoms with Crippen LogP contribution < -0.4 is 25.9 Å². The quantitative estimate of drug-likeness (QED) is 0.631. The fraction of sp³-hybridized carbons (Fsp3) is 0.227. The van der Waals surface area contributed by atoms with Gasteiger partial charge in [-0.3, -0.25) is 23.5 Å². The summed E-state index contributed by atoms with van der Waals surface area (Å²) < 4.78 is 12.7. The molecule has 156 valence electrons. The Morgan fingerprint density at radius 1 is 0.900 bits per heavy atom. The average molecular weight is 409 g/mol. The summed E-state index contributed by atoms with van der Waals surface area (Å²) in [5.74, 6) is 0.537. The molecule has 0 bridgehead atoms. The second kappa shape index (κ2) is 8.69. The van der Waals surface area contributed by atoms with E-state index in [1.807, 2.05) is 32.0 Å². The number of amides is 1. The molecule has 0 saturated heterocycles. The first-order chi connectivity index (χ1) is 14.3. The van der Waals surface area contributed by atoms with Gasteiger partial charge in [0.25, 0.3) is 0 Å². The molecular formula is C22H23N3O5. The number of benzene rings is 2. The van der Waals surface area contributed by atoms with Gasteiger partial charge in [0, 0.05) is 24.1 Å². The van der Waals surface area contributed by atoms with E-state index in [9.17, 15) is 14.4 Å². The molecule has 8 nitrogen and oxygen atoms in total. The van der Waals surface area contributed by atoms with Gasteiger partial charge in [0.05, 0.1) is 19.9 Å². The van der Waals surface area contributed by atoms with Crippen LogP contribution in [0.5, 0.6) is 11.5 Å². The molecule has 8 heteroatoms. The van der Waals surface area contributed by atoms with Crippen LogP contribution in [0.4, 0.5) is 5.69 Å². The zero-order chi connectivity index (χ0) is 21.8. The minimum Gasteiger partial charge on any atom is -0.493 e. The zero-order valence-corrected chi connectivity index (χ0v) is 17.3. The Labute approximate surface area is 173 Å². The molecular weight excluding hydrogens is 386 g/mol. The van der Waals surface area contributed by atoms with Gasteiger partial charge >= 0.3 is 11.1 Å². The third-order valence-corrected chi connectivity index (χ3v) is 4.52. The molecule has 30 heavy (non-hydrogen) atoms. The van der Waals surface area contributed by atoms with E-state index in [0.29, 0.717) is 22.9 Å². The van der Waals surface area contributed by atoms with Crippen molar-refractivity contribution in [1.29, 1.82) is 0 Å². The molecule has 1 heterocycles. The summed E-state index contributed by atoms with van der Waals surface area (Å²) in [6.07, 6.45) is 2.84. The van der Waals surface area contributed by atoms with Crippen LogP contribution in [0.25, 0.3) is 5.69 Å². The molecule has 0 atom stereocenters. The smallest absolute Gasteiger partial charge is 0.320 e. The largest absolute Gasteiger partial charge is 0.493 e. The number of methoxy groups -OCH3 is 2. The van der Waals surface area contributed by atoms with Crippen LogP contribution in [0.2, 0.25) is 0 Å². The minimum atomic E-state index is -0.803. The molecule has 0 saturated carbocycles. The fourth-order valence-electron chi connectivity index (χ4n) is 3.21. The first-order valence-corrected chi connectivity index (χ1v) is 9.25. The third-order valence-electron chi connectivity index (χ3n) is 4.52. The molecule has 0 fully saturated rings. The van der Waals surface area contributed by atoms with Gasteiger partial charge in [0.15, 0.2) is 11.5 Å². The number of nitrogens with zero attached hydrogens (tertiary/aromatic N) is 2. The molecule has 0 radical (unpaired) electrons. The Hall–Kier alpha value is -3.81. The third kappa shape index (κ3) is 4.43. The van der Waals surface area contributed by atoms with Crippen molar-refractivity contribution in [2.75, 3.05) is 19.5 Å². The minimum absolute atomic E-state index is 0.270. The molecule has 1 N–H and O–H groups in total. The molecule has 0 aliphatic rings. The number of nitrogens with one attached hydrogen (secondary N) is 1. The Morgan fingerprint density at radius 2 is 1.57 bits per heavy atom. The highest BCUT2D eigenvalue weighted by atomic mass is 16.5. The lowest BCUT2D eigenvalue weighted by Crippen LogP contribution is -2.41. The molecule has 0 spiro atoms. The van der Waals surface area contributed by atoms with E-state index in [1.165, 1.54) is 31.2 Å². The lowest BCUT2D eigenvalue weighted by atomic mass is 10.1. The number of rotatable bonds is 6. The van der Waals surface area contributed by atoms with E-state index in [0.717, 1.165) is 15.7 Å². The number of carbonyl (C=O) groups is 1. The van der Waals surface area contributed by atoms with Gasteiger partial charge in [-0.1, -0.05) is 6.07 Å². The van der Waals surface area contributed by atoms with Gasteiger partial charge in [-0.2, -0.15) is 0 Å². The molecule has 0 aliphatic heterocycles. The van der Waals surface area contributed by atoms with E-state index < -0.39 is 17.0 Å². The molecule has 3 aromatic rings. The number of anilines is 1. The summed E-state index contributed by atoms with van der Waals surface area (Å²) in [7, 11) is 2.99. The summed E-state index contributed by atoms with van der Waals surface area (Å²) in [4.78, 5) is 37.5. The summed E-state index contributed by atoms with van der Waals surface area (Å²) in [6, 6.07) is 10.5. The maximum atomic E-state index is 12.6. The van der Waals surface area contributed by atoms with Crippen LogP contribution in [-0.2, 0) is 11.3 Å². The first kappa shape index (κ1) is 20.9. The van der Waals surface area contributed by atoms with E-state index >= 15 is 0 Å². The van der Waals surface area contributed by atoms with Crippen molar-refractivity contribution >= 4 is 11.6 Å². The number of carbonyl (C=O) groups excluding carboxylic acids is 1. The molecule has 0 unspecified atom stereocenters. The first-order valence-electron chi connectivity index (χ1n) is 9.25. The number of aryl methyl sites for hydroxylation is 2. The Morgan fingerprint density at radius 3 is 2.20 bits per heavy atom. The highest BCUT2D eigenvalue weighted by Crippen LogP contribution is 2.28. The van der Waals surface area contributed by atoms with E-state index in [4.69, 9.17) is 9.47 Å². The average Bonchev–Trinajstić information content (AvgIpc) is 2.70. The lowest BCUT2D eigenvalue weighted by Gasteiger charge is -2.12. The maximum Gasteiger partial charge on any atom is 0.320 e. The van der Waals surface area contributed by atoms with Crippen LogP contribution in [-0.4, -0.2) is 29.3 Å². The summed E-state index contributed by atoms with van der Waals surface area (Å²) >= 11 is 0. The van der Waals surface area contributed by atoms with Gasteiger partial charge in [-0.25, -0.2) is 0 Å². The monoisotopic (exact) mass is 409 g/mol. The number of ether oxygens (including phenoxy) is 2. The standard InChI is InChI=1S/C22H23N3O5/c1-14-9-15(2)11-16(10-14)23-20(26)13-24-7-8-25(22(28)21(24)27)17-5-6-18(29-3)19(12-17)30-4/h5-12H,13H2,1-4H3,(H,23,26). The Kier molecular flexibility index (Phi) is 6.06. The van der Waals surface area contributed by atoms with Crippen molar-refractivity contribution in [3.05, 3.63) is 80.6 Å². The van der Waals surface area contributed by atoms with Crippen LogP contribution >= 0.6 is 0 Å². The topological polar surface area (TPSA) is 91.6 Å². The second-order valence-corrected chi connectivity index (χ2v) is 6.87. The van der Waals surface area contributed by atoms with E-state index in [1.54, 1.807) is 18.2 Å². The Balaban J connectivity index is 1.85. The van der Waals surface area contributed by atoms with Crippen LogP contribution in [0, 0.1) is 13.8 Å². The SMILES string of the molecule is COc1ccc(-n2ccn(CC(=O)Nc3cc(C)cc(C)c3)c(=O)c2=O)cc1OC. The van der Waals surface area contributed by atoms with Gasteiger partial charge in [-0.15, -0.1) is 0 Å². The predicted molar refractivity (Wildman–Crippen MR) is 114 cm³/mol. The van der Waals surface area contributed by atoms with E-state index in [2.05, 4.69) is 5.32 Å². The van der Waals surface area contributed by atoms with Crippen LogP contribution in [0.1, 0.15) is 11.1 Å². The summed E-state index contributed by atoms with van der Waals surface area (Å²) in [5.41, 5.74) is 1.54. The van der Waals surface area contributed by atoms with Crippen LogP contribution in [0.15, 0.2) is 58.4 Å². The maximum absolute atomic E-state index is 12.6. The van der Waals surface area contributed by atoms with Gasteiger partial charge in [0.1, 0.15) is 6.54 Å². The zero-order valence-electron chi connectivity index (χ0n) is 17.3. The highest BCUT2D eigenvalue weighted by molar-refractivity contribution is 5.90. The lowest BCUT2D eigenvalue weighted by molar-refractivity contribution is -0.116. The molecule has 2 aromatic carbocycles. The predicted octanol–water partition coefficient (Wildman–Crippen LogP) is 2.27. The second-order valence-electron chi connectivity index (χ2n) is 6.87. The number of hydrogen-bond donors (Lipinski definition) is 1. The van der Waals surface area contributed by atoms with Crippen molar-refractivity contribution in [2.24, 2.45) is 0 Å². The van der Waals surface area contributed by atoms with Crippen LogP contribution in [0.3, 0.4) is 0 Å². The van der Waals surface area contributed by atoms with Crippen molar-refractivity contribution < 1.29 is 14.3 Å². The number of hydrogen-bond acceptors (Lipinski definition) is 5. The molecule has 0 aliphatic carbocycles. The van der Waals surface area contributed by atoms with Gasteiger partial charge < -0.3 is 14.8 Å². The number of aromatic nitrogens is 2. The van der Waals surface area contributed by atoms with Gasteiger partial charge in [0.2, 0.25) is 5.91 Å². The van der Waals surface area contributed by atoms with Crippen molar-refractivity contribution in [3.63, 3.8) is 0 Å². The van der Waals surface area contributed by atoms with Crippen molar-refractivity contribution in [1.82, 2.24) is 9.13 Å². The molecule has 3 rings (SSSR count). The van der Waals surface area contributed by atoms with Crippen molar-refractivity contribution in [3.8, 4) is 17.2 Å². The normalized spacial score (nSPS) is 10.5.